The van der Waals surface area contributed by atoms with E-state index in [0.717, 1.165) is 49.2 Å². The van der Waals surface area contributed by atoms with Gasteiger partial charge in [-0.2, -0.15) is 0 Å². The van der Waals surface area contributed by atoms with Gasteiger partial charge in [0.05, 0.1) is 16.8 Å². The summed E-state index contributed by atoms with van der Waals surface area (Å²) >= 11 is 1.78. The fourth-order valence-electron chi connectivity index (χ4n) is 2.34. The van der Waals surface area contributed by atoms with E-state index in [1.54, 1.807) is 18.4 Å². The van der Waals surface area contributed by atoms with Gasteiger partial charge in [0, 0.05) is 38.0 Å². The van der Waals surface area contributed by atoms with E-state index in [1.807, 2.05) is 0 Å². The van der Waals surface area contributed by atoms with Gasteiger partial charge in [0.2, 0.25) is 0 Å². The molecule has 1 fully saturated rings. The van der Waals surface area contributed by atoms with Gasteiger partial charge in [0.25, 0.3) is 0 Å². The molecule has 0 saturated carbocycles. The van der Waals surface area contributed by atoms with Crippen LogP contribution in [0.3, 0.4) is 0 Å². The number of hydrogen-bond acceptors (Lipinski definition) is 4. The second-order valence-electron chi connectivity index (χ2n) is 5.01. The molecular formula is C14H24N4OS. The molecule has 1 aliphatic rings. The van der Waals surface area contributed by atoms with Gasteiger partial charge in [-0.3, -0.25) is 4.99 Å². The Labute approximate surface area is 124 Å². The van der Waals surface area contributed by atoms with Gasteiger partial charge in [-0.15, -0.1) is 11.3 Å². The molecule has 0 aliphatic carbocycles. The maximum atomic E-state index is 5.59. The third-order valence-electron chi connectivity index (χ3n) is 3.39. The fourth-order valence-corrected chi connectivity index (χ4v) is 3.27. The summed E-state index contributed by atoms with van der Waals surface area (Å²) in [6.07, 6.45) is 3.63. The van der Waals surface area contributed by atoms with Crippen LogP contribution in [-0.2, 0) is 11.2 Å². The molecule has 0 spiro atoms. The third-order valence-corrected chi connectivity index (χ3v) is 4.52. The lowest BCUT2D eigenvalue weighted by Crippen LogP contribution is -2.41. The topological polar surface area (TPSA) is 58.5 Å². The van der Waals surface area contributed by atoms with Crippen LogP contribution in [0.1, 0.15) is 28.4 Å². The number of ether oxygens (including phenoxy) is 1. The molecule has 2 rings (SSSR count). The molecule has 1 atom stereocenters. The summed E-state index contributed by atoms with van der Waals surface area (Å²) in [4.78, 5) is 10.0. The summed E-state index contributed by atoms with van der Waals surface area (Å²) in [5.41, 5.74) is 1.15. The first-order valence-corrected chi connectivity index (χ1v) is 7.99. The highest BCUT2D eigenvalue weighted by atomic mass is 32.1. The van der Waals surface area contributed by atoms with Crippen LogP contribution in [0.4, 0.5) is 0 Å². The fraction of sp³-hybridized carbons (Fsp3) is 0.714. The zero-order valence-corrected chi connectivity index (χ0v) is 13.3. The van der Waals surface area contributed by atoms with Crippen molar-refractivity contribution in [3.05, 3.63) is 15.6 Å². The molecule has 1 aromatic heterocycles. The van der Waals surface area contributed by atoms with E-state index in [1.165, 1.54) is 11.3 Å². The summed E-state index contributed by atoms with van der Waals surface area (Å²) in [5.74, 6) is 0.847. The van der Waals surface area contributed by atoms with Crippen LogP contribution in [0.15, 0.2) is 4.99 Å². The van der Waals surface area contributed by atoms with Gasteiger partial charge in [0.1, 0.15) is 0 Å². The highest BCUT2D eigenvalue weighted by Crippen LogP contribution is 2.17. The second kappa shape index (κ2) is 7.59. The molecule has 0 bridgehead atoms. The van der Waals surface area contributed by atoms with Gasteiger partial charge in [-0.05, 0) is 26.7 Å². The summed E-state index contributed by atoms with van der Waals surface area (Å²) in [6, 6.07) is 0. The van der Waals surface area contributed by atoms with Gasteiger partial charge >= 0.3 is 0 Å². The standard InChI is InChI=1S/C14H24N4OS/c1-10-13(20-11(2)18-10)6-7-16-14(15-3)17-9-12-5-4-8-19-12/h12H,4-9H2,1-3H3,(H2,15,16,17). The van der Waals surface area contributed by atoms with Crippen molar-refractivity contribution in [3.63, 3.8) is 0 Å². The highest BCUT2D eigenvalue weighted by molar-refractivity contribution is 7.11. The van der Waals surface area contributed by atoms with Crippen molar-refractivity contribution >= 4 is 17.3 Å². The Kier molecular flexibility index (Phi) is 5.79. The molecule has 1 unspecified atom stereocenters. The van der Waals surface area contributed by atoms with Gasteiger partial charge < -0.3 is 15.4 Å². The molecule has 6 heteroatoms. The Morgan fingerprint density at radius 3 is 2.90 bits per heavy atom. The van der Waals surface area contributed by atoms with Crippen molar-refractivity contribution in [2.24, 2.45) is 4.99 Å². The van der Waals surface area contributed by atoms with Crippen molar-refractivity contribution in [3.8, 4) is 0 Å². The average Bonchev–Trinajstić information content (AvgIpc) is 3.04. The molecule has 20 heavy (non-hydrogen) atoms. The molecule has 1 aliphatic heterocycles. The van der Waals surface area contributed by atoms with Crippen molar-refractivity contribution in [1.82, 2.24) is 15.6 Å². The van der Waals surface area contributed by atoms with E-state index in [2.05, 4.69) is 34.5 Å². The highest BCUT2D eigenvalue weighted by Gasteiger charge is 2.15. The van der Waals surface area contributed by atoms with Crippen LogP contribution in [0.5, 0.6) is 0 Å². The van der Waals surface area contributed by atoms with Gasteiger partial charge in [-0.25, -0.2) is 4.98 Å². The van der Waals surface area contributed by atoms with E-state index < -0.39 is 0 Å². The molecule has 0 aromatic carbocycles. The Morgan fingerprint density at radius 1 is 1.45 bits per heavy atom. The summed E-state index contributed by atoms with van der Waals surface area (Å²) in [6.45, 7) is 6.72. The molecule has 5 nitrogen and oxygen atoms in total. The average molecular weight is 296 g/mol. The maximum absolute atomic E-state index is 5.59. The normalized spacial score (nSPS) is 19.4. The number of aliphatic imine (C=N–C) groups is 1. The lowest BCUT2D eigenvalue weighted by Gasteiger charge is -2.14. The molecule has 2 N–H and O–H groups in total. The lowest BCUT2D eigenvalue weighted by atomic mass is 10.2. The Bertz CT molecular complexity index is 452. The summed E-state index contributed by atoms with van der Waals surface area (Å²) < 4.78 is 5.59. The van der Waals surface area contributed by atoms with Crippen LogP contribution in [0.2, 0.25) is 0 Å². The van der Waals surface area contributed by atoms with Crippen LogP contribution >= 0.6 is 11.3 Å². The van der Waals surface area contributed by atoms with E-state index in [0.29, 0.717) is 6.10 Å². The van der Waals surface area contributed by atoms with Gasteiger partial charge in [-0.1, -0.05) is 0 Å². The largest absolute Gasteiger partial charge is 0.376 e. The van der Waals surface area contributed by atoms with Gasteiger partial charge in [0.15, 0.2) is 5.96 Å². The van der Waals surface area contributed by atoms with E-state index >= 15 is 0 Å². The number of thiazole rings is 1. The molecule has 112 valence electrons. The van der Waals surface area contributed by atoms with Crippen molar-refractivity contribution in [2.45, 2.75) is 39.2 Å². The van der Waals surface area contributed by atoms with Crippen LogP contribution in [0.25, 0.3) is 0 Å². The second-order valence-corrected chi connectivity index (χ2v) is 6.29. The summed E-state index contributed by atoms with van der Waals surface area (Å²) in [7, 11) is 1.80. The Morgan fingerprint density at radius 2 is 2.30 bits per heavy atom. The number of guanidine groups is 1. The monoisotopic (exact) mass is 296 g/mol. The molecule has 1 aromatic rings. The Hall–Kier alpha value is -1.14. The first kappa shape index (κ1) is 15.3. The number of aromatic nitrogens is 1. The minimum atomic E-state index is 0.333. The molecular weight excluding hydrogens is 272 g/mol. The lowest BCUT2D eigenvalue weighted by molar-refractivity contribution is 0.114. The van der Waals surface area contributed by atoms with Crippen molar-refractivity contribution < 1.29 is 4.74 Å². The zero-order chi connectivity index (χ0) is 14.4. The smallest absolute Gasteiger partial charge is 0.191 e. The first-order chi connectivity index (χ1) is 9.69. The number of nitrogens with zero attached hydrogens (tertiary/aromatic N) is 2. The first-order valence-electron chi connectivity index (χ1n) is 7.18. The predicted octanol–water partition coefficient (Wildman–Crippen LogP) is 1.65. The Balaban J connectivity index is 1.69. The molecule has 0 amide bonds. The van der Waals surface area contributed by atoms with E-state index in [4.69, 9.17) is 4.74 Å². The zero-order valence-electron chi connectivity index (χ0n) is 12.5. The minimum absolute atomic E-state index is 0.333. The molecule has 1 saturated heterocycles. The predicted molar refractivity (Wildman–Crippen MR) is 83.6 cm³/mol. The maximum Gasteiger partial charge on any atom is 0.191 e. The number of rotatable bonds is 5. The van der Waals surface area contributed by atoms with Crippen LogP contribution < -0.4 is 10.6 Å². The van der Waals surface area contributed by atoms with Crippen LogP contribution in [-0.4, -0.2) is 43.8 Å². The number of aryl methyl sites for hydroxylation is 2. The quantitative estimate of drug-likeness (QED) is 0.641. The molecule has 2 heterocycles. The van der Waals surface area contributed by atoms with Crippen molar-refractivity contribution in [1.29, 1.82) is 0 Å². The van der Waals surface area contributed by atoms with Crippen molar-refractivity contribution in [2.75, 3.05) is 26.7 Å². The van der Waals surface area contributed by atoms with E-state index in [-0.39, 0.29) is 0 Å². The summed E-state index contributed by atoms with van der Waals surface area (Å²) in [5, 5.41) is 7.80. The third kappa shape index (κ3) is 4.45. The molecule has 0 radical (unpaired) electrons. The SMILES string of the molecule is CN=C(NCCc1sc(C)nc1C)NCC1CCCO1. The number of hydrogen-bond donors (Lipinski definition) is 2. The minimum Gasteiger partial charge on any atom is -0.376 e. The van der Waals surface area contributed by atoms with Crippen LogP contribution in [0, 0.1) is 13.8 Å². The number of nitrogens with one attached hydrogen (secondary N) is 2. The van der Waals surface area contributed by atoms with E-state index in [9.17, 15) is 0 Å².